The van der Waals surface area contributed by atoms with Gasteiger partial charge in [0.1, 0.15) is 17.4 Å². The van der Waals surface area contributed by atoms with Crippen molar-refractivity contribution in [2.45, 2.75) is 12.8 Å². The van der Waals surface area contributed by atoms with Gasteiger partial charge in [0.2, 0.25) is 11.8 Å². The first-order valence-electron chi connectivity index (χ1n) is 8.50. The summed E-state index contributed by atoms with van der Waals surface area (Å²) in [7, 11) is 1.61. The smallest absolute Gasteiger partial charge is 0.229 e. The minimum atomic E-state index is -0.369. The summed E-state index contributed by atoms with van der Waals surface area (Å²) in [5.74, 6) is 0.966. The number of ether oxygens (including phenoxy) is 2. The molecule has 0 unspecified atom stereocenters. The van der Waals surface area contributed by atoms with E-state index in [1.807, 2.05) is 61.5 Å². The van der Waals surface area contributed by atoms with Gasteiger partial charge in [-0.1, -0.05) is 30.3 Å². The number of methoxy groups -OCH3 is 1. The highest BCUT2D eigenvalue weighted by molar-refractivity contribution is 5.57. The van der Waals surface area contributed by atoms with E-state index in [0.717, 1.165) is 22.5 Å². The van der Waals surface area contributed by atoms with E-state index >= 15 is 0 Å². The molecule has 4 rings (SSSR count). The third-order valence-corrected chi connectivity index (χ3v) is 4.66. The summed E-state index contributed by atoms with van der Waals surface area (Å²) in [6, 6.07) is 19.5. The number of nitrogens with two attached hydrogens (primary N) is 1. The molecule has 2 N–H and O–H groups in total. The maximum Gasteiger partial charge on any atom is 0.229 e. The maximum absolute atomic E-state index is 9.73. The van der Waals surface area contributed by atoms with Gasteiger partial charge in [-0.25, -0.2) is 4.68 Å². The number of fused-ring (bicyclic) bond motifs is 1. The third-order valence-electron chi connectivity index (χ3n) is 4.66. The Balaban J connectivity index is 1.95. The summed E-state index contributed by atoms with van der Waals surface area (Å²) < 4.78 is 12.9. The van der Waals surface area contributed by atoms with Gasteiger partial charge in [-0.15, -0.1) is 0 Å². The largest absolute Gasteiger partial charge is 0.497 e. The molecule has 1 aromatic heterocycles. The first kappa shape index (κ1) is 16.7. The molecular formula is C21H18N4O2. The average Bonchev–Trinajstić information content (AvgIpc) is 3.03. The fourth-order valence-corrected chi connectivity index (χ4v) is 3.41. The number of rotatable bonds is 3. The standard InChI is InChI=1S/C21H18N4O2/c1-13-18-19(14-7-6-10-16(11-14)26-2)17(12-22)20(23)27-21(18)25(24-13)15-8-4-3-5-9-15/h3-11,19H,23H2,1-2H3/t19-/m0/s1. The van der Waals surface area contributed by atoms with Crippen LogP contribution in [0, 0.1) is 18.3 Å². The zero-order chi connectivity index (χ0) is 19.0. The van der Waals surface area contributed by atoms with E-state index in [-0.39, 0.29) is 11.8 Å². The highest BCUT2D eigenvalue weighted by atomic mass is 16.5. The third kappa shape index (κ3) is 2.70. The number of benzene rings is 2. The number of aromatic nitrogens is 2. The van der Waals surface area contributed by atoms with E-state index in [0.29, 0.717) is 17.2 Å². The number of nitrogens with zero attached hydrogens (tertiary/aromatic N) is 3. The SMILES string of the molecule is COc1cccc([C@H]2C(C#N)=C(N)Oc3c2c(C)nn3-c2ccccc2)c1. The topological polar surface area (TPSA) is 86.1 Å². The van der Waals surface area contributed by atoms with Crippen molar-refractivity contribution in [3.05, 3.63) is 82.9 Å². The van der Waals surface area contributed by atoms with Gasteiger partial charge in [0.05, 0.1) is 30.0 Å². The molecule has 0 amide bonds. The molecule has 0 fully saturated rings. The molecule has 0 saturated carbocycles. The van der Waals surface area contributed by atoms with Crippen LogP contribution < -0.4 is 15.2 Å². The monoisotopic (exact) mass is 358 g/mol. The summed E-state index contributed by atoms with van der Waals surface area (Å²) >= 11 is 0. The normalized spacial score (nSPS) is 15.7. The molecule has 27 heavy (non-hydrogen) atoms. The lowest BCUT2D eigenvalue weighted by atomic mass is 9.84. The molecule has 2 heterocycles. The highest BCUT2D eigenvalue weighted by Gasteiger charge is 2.36. The molecule has 1 aliphatic rings. The van der Waals surface area contributed by atoms with Crippen LogP contribution in [0.4, 0.5) is 0 Å². The lowest BCUT2D eigenvalue weighted by molar-refractivity contribution is 0.366. The second-order valence-corrected chi connectivity index (χ2v) is 6.25. The van der Waals surface area contributed by atoms with Gasteiger partial charge in [-0.05, 0) is 36.8 Å². The van der Waals surface area contributed by atoms with Crippen LogP contribution in [0.2, 0.25) is 0 Å². The van der Waals surface area contributed by atoms with Crippen LogP contribution >= 0.6 is 0 Å². The van der Waals surface area contributed by atoms with E-state index in [1.165, 1.54) is 0 Å². The Bertz CT molecular complexity index is 1080. The molecule has 6 heteroatoms. The second-order valence-electron chi connectivity index (χ2n) is 6.25. The van der Waals surface area contributed by atoms with Crippen LogP contribution in [-0.4, -0.2) is 16.9 Å². The Morgan fingerprint density at radius 1 is 1.19 bits per heavy atom. The van der Waals surface area contributed by atoms with Crippen LogP contribution in [0.15, 0.2) is 66.1 Å². The summed E-state index contributed by atoms with van der Waals surface area (Å²) in [4.78, 5) is 0. The predicted octanol–water partition coefficient (Wildman–Crippen LogP) is 3.41. The van der Waals surface area contributed by atoms with Gasteiger partial charge < -0.3 is 15.2 Å². The molecule has 0 saturated heterocycles. The van der Waals surface area contributed by atoms with Crippen LogP contribution in [-0.2, 0) is 0 Å². The lowest BCUT2D eigenvalue weighted by Gasteiger charge is -2.25. The van der Waals surface area contributed by atoms with Crippen LogP contribution in [0.1, 0.15) is 22.7 Å². The van der Waals surface area contributed by atoms with Crippen molar-refractivity contribution in [3.63, 3.8) is 0 Å². The zero-order valence-electron chi connectivity index (χ0n) is 15.0. The number of aryl methyl sites for hydroxylation is 1. The molecule has 6 nitrogen and oxygen atoms in total. The van der Waals surface area contributed by atoms with Crippen molar-refractivity contribution in [2.75, 3.05) is 7.11 Å². The summed E-state index contributed by atoms with van der Waals surface area (Å²) in [5, 5.41) is 14.4. The van der Waals surface area contributed by atoms with Gasteiger partial charge in [0.25, 0.3) is 0 Å². The van der Waals surface area contributed by atoms with Gasteiger partial charge in [-0.3, -0.25) is 0 Å². The summed E-state index contributed by atoms with van der Waals surface area (Å²) in [5.41, 5.74) is 9.86. The Morgan fingerprint density at radius 3 is 2.67 bits per heavy atom. The van der Waals surface area contributed by atoms with Gasteiger partial charge in [0, 0.05) is 0 Å². The van der Waals surface area contributed by atoms with Crippen LogP contribution in [0.3, 0.4) is 0 Å². The van der Waals surface area contributed by atoms with Gasteiger partial charge in [-0.2, -0.15) is 10.4 Å². The Morgan fingerprint density at radius 2 is 1.96 bits per heavy atom. The maximum atomic E-state index is 9.73. The first-order chi connectivity index (χ1) is 13.1. The van der Waals surface area contributed by atoms with Crippen LogP contribution in [0.25, 0.3) is 5.69 Å². The van der Waals surface area contributed by atoms with E-state index in [4.69, 9.17) is 15.2 Å². The quantitative estimate of drug-likeness (QED) is 0.775. The van der Waals surface area contributed by atoms with E-state index < -0.39 is 0 Å². The molecule has 1 aliphatic heterocycles. The second kappa shape index (κ2) is 6.54. The first-order valence-corrected chi connectivity index (χ1v) is 8.50. The highest BCUT2D eigenvalue weighted by Crippen LogP contribution is 2.45. The van der Waals surface area contributed by atoms with Crippen molar-refractivity contribution >= 4 is 0 Å². The number of allylic oxidation sites excluding steroid dienone is 1. The predicted molar refractivity (Wildman–Crippen MR) is 101 cm³/mol. The average molecular weight is 358 g/mol. The van der Waals surface area contributed by atoms with Crippen molar-refractivity contribution < 1.29 is 9.47 Å². The molecule has 134 valence electrons. The lowest BCUT2D eigenvalue weighted by Crippen LogP contribution is -2.22. The molecule has 1 atom stereocenters. The fourth-order valence-electron chi connectivity index (χ4n) is 3.41. The van der Waals surface area contributed by atoms with Crippen molar-refractivity contribution in [1.29, 1.82) is 5.26 Å². The molecule has 0 spiro atoms. The van der Waals surface area contributed by atoms with Crippen LogP contribution in [0.5, 0.6) is 11.6 Å². The number of para-hydroxylation sites is 1. The minimum absolute atomic E-state index is 0.0925. The van der Waals surface area contributed by atoms with E-state index in [2.05, 4.69) is 11.2 Å². The van der Waals surface area contributed by atoms with Gasteiger partial charge in [0.15, 0.2) is 0 Å². The molecule has 2 aromatic carbocycles. The molecule has 0 aliphatic carbocycles. The number of hydrogen-bond acceptors (Lipinski definition) is 5. The van der Waals surface area contributed by atoms with E-state index in [1.54, 1.807) is 11.8 Å². The summed E-state index contributed by atoms with van der Waals surface area (Å²) in [6.45, 7) is 1.91. The van der Waals surface area contributed by atoms with Crippen molar-refractivity contribution in [3.8, 4) is 23.4 Å². The number of nitriles is 1. The van der Waals surface area contributed by atoms with E-state index in [9.17, 15) is 5.26 Å². The Hall–Kier alpha value is -3.72. The summed E-state index contributed by atoms with van der Waals surface area (Å²) in [6.07, 6.45) is 0. The zero-order valence-corrected chi connectivity index (χ0v) is 15.0. The molecular weight excluding hydrogens is 340 g/mol. The minimum Gasteiger partial charge on any atom is -0.497 e. The van der Waals surface area contributed by atoms with Crippen molar-refractivity contribution in [1.82, 2.24) is 9.78 Å². The molecule has 3 aromatic rings. The molecule has 0 bridgehead atoms. The Kier molecular flexibility index (Phi) is 4.05. The van der Waals surface area contributed by atoms with Gasteiger partial charge >= 0.3 is 0 Å². The fraction of sp³-hybridized carbons (Fsp3) is 0.143. The van der Waals surface area contributed by atoms with Crippen molar-refractivity contribution in [2.24, 2.45) is 5.73 Å². The molecule has 0 radical (unpaired) electrons. The Labute approximate surface area is 157 Å². The number of hydrogen-bond donors (Lipinski definition) is 1.